The highest BCUT2D eigenvalue weighted by molar-refractivity contribution is 7.45. The summed E-state index contributed by atoms with van der Waals surface area (Å²) < 4.78 is 24.1. The summed E-state index contributed by atoms with van der Waals surface area (Å²) in [5.41, 5.74) is 2.69. The van der Waals surface area contributed by atoms with Crippen LogP contribution < -0.4 is 0 Å². The SMILES string of the molecule is CC[C@@H]1/C=C(\C)CC(C)C[C@H](OC)CC(OC)CC(C)C(O)C(=O)C(=O)N2CCCCC2C(=O)O[C@H](/C(C)=C/[C@@H]2CC[C@@H](OCC(O)C3=CC=CPC=C3)C(O)C2)[C@H](C)CCC1=O. The topological polar surface area (TPSA) is 169 Å². The fourth-order valence-electron chi connectivity index (χ4n) is 9.83. The van der Waals surface area contributed by atoms with E-state index >= 15 is 0 Å². The number of piperidine rings is 1. The van der Waals surface area contributed by atoms with E-state index in [1.165, 1.54) is 4.90 Å². The lowest BCUT2D eigenvalue weighted by Crippen LogP contribution is -2.54. The molecule has 12 nitrogen and oxygen atoms in total. The van der Waals surface area contributed by atoms with Crippen LogP contribution >= 0.6 is 8.58 Å². The van der Waals surface area contributed by atoms with Gasteiger partial charge in [0, 0.05) is 33.1 Å². The van der Waals surface area contributed by atoms with E-state index < -0.39 is 60.1 Å². The normalized spacial score (nSPS) is 36.2. The highest BCUT2D eigenvalue weighted by Gasteiger charge is 2.41. The second kappa shape index (κ2) is 26.3. The number of fused-ring (bicyclic) bond motifs is 1. The number of ketones is 2. The highest BCUT2D eigenvalue weighted by atomic mass is 31.1. The van der Waals surface area contributed by atoms with Crippen LogP contribution in [0.15, 0.2) is 58.7 Å². The molecule has 0 radical (unpaired) electrons. The molecule has 3 N–H and O–H groups in total. The lowest BCUT2D eigenvalue weighted by molar-refractivity contribution is -0.164. The number of aliphatic hydroxyl groups is 3. The Balaban J connectivity index is 1.58. The minimum absolute atomic E-state index is 0.0415. The van der Waals surface area contributed by atoms with Crippen LogP contribution in [-0.2, 0) is 38.1 Å². The predicted molar refractivity (Wildman–Crippen MR) is 247 cm³/mol. The molecule has 2 fully saturated rings. The Kier molecular flexibility index (Phi) is 22.1. The molecule has 1 aliphatic carbocycles. The average Bonchev–Trinajstić information content (AvgIpc) is 3.57. The lowest BCUT2D eigenvalue weighted by atomic mass is 9.82. The highest BCUT2D eigenvalue weighted by Crippen LogP contribution is 2.33. The van der Waals surface area contributed by atoms with Crippen molar-refractivity contribution in [2.45, 2.75) is 174 Å². The molecule has 8 unspecified atom stereocenters. The Bertz CT molecular complexity index is 1670. The fraction of sp³-hybridized carbons (Fsp3) is 0.720. The van der Waals surface area contributed by atoms with Crippen LogP contribution in [0.5, 0.6) is 0 Å². The lowest BCUT2D eigenvalue weighted by Gasteiger charge is -2.36. The molecule has 0 aromatic carbocycles. The molecule has 14 atom stereocenters. The van der Waals surface area contributed by atoms with Gasteiger partial charge in [-0.2, -0.15) is 0 Å². The number of Topliss-reactive ketones (excluding diaryl/α,β-unsaturated/α-hetero) is 2. The Morgan fingerprint density at radius 1 is 0.952 bits per heavy atom. The van der Waals surface area contributed by atoms with Crippen molar-refractivity contribution in [3.63, 3.8) is 0 Å². The maximum Gasteiger partial charge on any atom is 0.329 e. The summed E-state index contributed by atoms with van der Waals surface area (Å²) >= 11 is 0. The Hall–Kier alpha value is -2.83. The van der Waals surface area contributed by atoms with Gasteiger partial charge in [0.1, 0.15) is 30.1 Å². The van der Waals surface area contributed by atoms with E-state index in [1.54, 1.807) is 21.1 Å². The summed E-state index contributed by atoms with van der Waals surface area (Å²) in [5, 5.41) is 33.2. The number of esters is 1. The van der Waals surface area contributed by atoms with Crippen LogP contribution in [0.1, 0.15) is 125 Å². The molecule has 1 amide bonds. The van der Waals surface area contributed by atoms with Crippen LogP contribution in [0.3, 0.4) is 0 Å². The maximum atomic E-state index is 14.3. The van der Waals surface area contributed by atoms with Crippen molar-refractivity contribution >= 4 is 32.0 Å². The number of hydrogen-bond donors (Lipinski definition) is 3. The first-order chi connectivity index (χ1) is 30.1. The molecule has 0 aromatic heterocycles. The van der Waals surface area contributed by atoms with E-state index in [1.807, 2.05) is 50.6 Å². The van der Waals surface area contributed by atoms with Crippen molar-refractivity contribution in [3.05, 3.63) is 58.7 Å². The number of nitrogens with zero attached hydrogens (tertiary/aromatic N) is 1. The zero-order valence-electron chi connectivity index (χ0n) is 39.2. The smallest absolute Gasteiger partial charge is 0.329 e. The quantitative estimate of drug-likeness (QED) is 0.0905. The Labute approximate surface area is 378 Å². The molecule has 4 rings (SSSR count). The van der Waals surface area contributed by atoms with E-state index in [9.17, 15) is 34.5 Å². The van der Waals surface area contributed by atoms with Gasteiger partial charge in [0.15, 0.2) is 0 Å². The molecular weight excluding hydrogens is 822 g/mol. The zero-order chi connectivity index (χ0) is 46.2. The average molecular weight is 900 g/mol. The van der Waals surface area contributed by atoms with E-state index in [4.69, 9.17) is 18.9 Å². The summed E-state index contributed by atoms with van der Waals surface area (Å²) in [5.74, 6) is 0.788. The minimum Gasteiger partial charge on any atom is -0.456 e. The minimum atomic E-state index is -1.58. The van der Waals surface area contributed by atoms with Crippen LogP contribution in [0.4, 0.5) is 0 Å². The number of carbonyl (C=O) groups excluding carboxylic acids is 4. The van der Waals surface area contributed by atoms with Gasteiger partial charge < -0.3 is 39.2 Å². The van der Waals surface area contributed by atoms with Crippen LogP contribution in [0.2, 0.25) is 0 Å². The van der Waals surface area contributed by atoms with E-state index in [-0.39, 0.29) is 54.8 Å². The number of cyclic esters (lactones) is 1. The molecule has 0 bridgehead atoms. The summed E-state index contributed by atoms with van der Waals surface area (Å²) in [6.07, 6.45) is 12.2. The van der Waals surface area contributed by atoms with Crippen molar-refractivity contribution in [1.29, 1.82) is 0 Å². The molecule has 354 valence electrons. The summed E-state index contributed by atoms with van der Waals surface area (Å²) in [6.45, 7) is 12.1. The molecule has 0 spiro atoms. The van der Waals surface area contributed by atoms with Crippen molar-refractivity contribution in [2.75, 3.05) is 27.4 Å². The number of hydrogen-bond acceptors (Lipinski definition) is 11. The van der Waals surface area contributed by atoms with Crippen LogP contribution in [0.25, 0.3) is 0 Å². The van der Waals surface area contributed by atoms with Gasteiger partial charge in [-0.25, -0.2) is 4.79 Å². The third-order valence-corrected chi connectivity index (χ3v) is 14.4. The Morgan fingerprint density at radius 3 is 2.38 bits per heavy atom. The van der Waals surface area contributed by atoms with Gasteiger partial charge in [0.25, 0.3) is 5.91 Å². The summed E-state index contributed by atoms with van der Waals surface area (Å²) in [4.78, 5) is 57.0. The van der Waals surface area contributed by atoms with E-state index in [2.05, 4.69) is 26.0 Å². The first-order valence-electron chi connectivity index (χ1n) is 23.5. The molecule has 3 aliphatic heterocycles. The number of aliphatic hydroxyl groups excluding tert-OH is 3. The molecular formula is C50H78NO11P. The number of carbonyl (C=O) groups is 4. The van der Waals surface area contributed by atoms with Crippen molar-refractivity contribution in [2.24, 2.45) is 29.6 Å². The number of allylic oxidation sites excluding steroid dienone is 5. The Morgan fingerprint density at radius 2 is 1.68 bits per heavy atom. The first kappa shape index (κ1) is 52.8. The van der Waals surface area contributed by atoms with Gasteiger partial charge in [0.2, 0.25) is 5.78 Å². The van der Waals surface area contributed by atoms with Crippen molar-refractivity contribution < 1.29 is 53.4 Å². The number of ether oxygens (including phenoxy) is 4. The molecule has 1 saturated carbocycles. The molecule has 4 aliphatic rings. The first-order valence-corrected chi connectivity index (χ1v) is 24.7. The molecule has 1 saturated heterocycles. The predicted octanol–water partition coefficient (Wildman–Crippen LogP) is 7.54. The monoisotopic (exact) mass is 900 g/mol. The second-order valence-corrected chi connectivity index (χ2v) is 19.9. The molecule has 3 heterocycles. The van der Waals surface area contributed by atoms with E-state index in [0.717, 1.165) is 29.6 Å². The fourth-order valence-corrected chi connectivity index (χ4v) is 10.4. The third kappa shape index (κ3) is 15.9. The van der Waals surface area contributed by atoms with Gasteiger partial charge in [0.05, 0.1) is 31.0 Å². The standard InChI is InChI=1S/C50H78NO11P/c1-9-37-24-31(2)23-32(3)25-39(59-7)29-40(60-8)27-34(5)46(55)47(56)49(57)51-20-11-10-14-41(51)50(58)62-48(33(4)15-17-42(37)52)35(6)26-36-16-18-45(43(53)28-36)61-30-44(54)38-13-12-21-63-22-19-38/h12-13,19,21-22,24,26,32-34,36-37,39-41,43-46,48,53-55,63H,9-11,14-18,20,23,25,27-30H2,1-8H3/b31-24+,35-26+/t32?,33-,34?,36+,37-,39+,40?,41?,43?,44?,45-,46?,48+/m1/s1. The third-order valence-electron chi connectivity index (χ3n) is 13.6. The van der Waals surface area contributed by atoms with Gasteiger partial charge >= 0.3 is 5.97 Å². The molecule has 13 heteroatoms. The van der Waals surface area contributed by atoms with Gasteiger partial charge in [-0.1, -0.05) is 83.9 Å². The number of amides is 1. The zero-order valence-corrected chi connectivity index (χ0v) is 40.2. The number of methoxy groups -OCH3 is 2. The maximum absolute atomic E-state index is 14.3. The summed E-state index contributed by atoms with van der Waals surface area (Å²) in [6, 6.07) is -1.01. The van der Waals surface area contributed by atoms with Gasteiger partial charge in [-0.3, -0.25) is 14.4 Å². The van der Waals surface area contributed by atoms with Crippen molar-refractivity contribution in [3.8, 4) is 0 Å². The van der Waals surface area contributed by atoms with Crippen molar-refractivity contribution in [1.82, 2.24) is 4.90 Å². The van der Waals surface area contributed by atoms with Gasteiger partial charge in [-0.05, 0) is 126 Å². The van der Waals surface area contributed by atoms with Crippen LogP contribution in [-0.4, -0.2) is 120 Å². The van der Waals surface area contributed by atoms with Gasteiger partial charge in [-0.15, -0.1) is 0 Å². The van der Waals surface area contributed by atoms with Crippen LogP contribution in [0, 0.1) is 29.6 Å². The molecule has 63 heavy (non-hydrogen) atoms. The second-order valence-electron chi connectivity index (χ2n) is 18.9. The number of rotatable bonds is 9. The summed E-state index contributed by atoms with van der Waals surface area (Å²) in [7, 11) is 3.82. The molecule has 0 aromatic rings. The largest absolute Gasteiger partial charge is 0.456 e. The van der Waals surface area contributed by atoms with E-state index in [0.29, 0.717) is 79.2 Å².